The summed E-state index contributed by atoms with van der Waals surface area (Å²) < 4.78 is 35.1. The van der Waals surface area contributed by atoms with Gasteiger partial charge in [-0.2, -0.15) is 4.99 Å². The van der Waals surface area contributed by atoms with Crippen molar-refractivity contribution in [2.75, 3.05) is 29.6 Å². The number of hydrogen-bond acceptors (Lipinski definition) is 6. The zero-order valence-corrected chi connectivity index (χ0v) is 14.6. The lowest BCUT2D eigenvalue weighted by Crippen LogP contribution is -2.37. The highest BCUT2D eigenvalue weighted by Crippen LogP contribution is 2.43. The number of carbonyl (C=O) groups is 1. The Morgan fingerprint density at radius 1 is 1.25 bits per heavy atom. The Labute approximate surface area is 143 Å². The van der Waals surface area contributed by atoms with Crippen LogP contribution in [0.1, 0.15) is 6.92 Å². The van der Waals surface area contributed by atoms with Crippen LogP contribution < -0.4 is 14.4 Å². The molecule has 1 aromatic carbocycles. The third-order valence-corrected chi connectivity index (χ3v) is 7.33. The molecule has 2 fully saturated rings. The Hall–Kier alpha value is -1.74. The molecule has 0 aromatic heterocycles. The van der Waals surface area contributed by atoms with Gasteiger partial charge in [0.05, 0.1) is 17.5 Å². The van der Waals surface area contributed by atoms with Crippen LogP contribution in [-0.4, -0.2) is 55.5 Å². The predicted molar refractivity (Wildman–Crippen MR) is 91.8 cm³/mol. The first-order chi connectivity index (χ1) is 11.4. The van der Waals surface area contributed by atoms with Gasteiger partial charge in [-0.25, -0.2) is 8.42 Å². The second-order valence-corrected chi connectivity index (χ2v) is 9.27. The lowest BCUT2D eigenvalue weighted by molar-refractivity contribution is -0.115. The second-order valence-electron chi connectivity index (χ2n) is 5.91. The van der Waals surface area contributed by atoms with E-state index in [1.165, 1.54) is 18.7 Å². The Morgan fingerprint density at radius 2 is 2.00 bits per heavy atom. The van der Waals surface area contributed by atoms with Crippen molar-refractivity contribution in [3.63, 3.8) is 0 Å². The molecule has 9 heteroatoms. The highest BCUT2D eigenvalue weighted by atomic mass is 32.2. The number of ether oxygens (including phenoxy) is 2. The first-order valence-corrected chi connectivity index (χ1v) is 10.3. The van der Waals surface area contributed by atoms with E-state index in [2.05, 4.69) is 4.99 Å². The van der Waals surface area contributed by atoms with Gasteiger partial charge in [-0.3, -0.25) is 4.79 Å². The molecule has 2 saturated heterocycles. The molecular weight excluding hydrogens is 352 g/mol. The number of rotatable bonds is 1. The van der Waals surface area contributed by atoms with Gasteiger partial charge in [0.2, 0.25) is 5.91 Å². The van der Waals surface area contributed by atoms with E-state index in [1.807, 2.05) is 17.0 Å². The van der Waals surface area contributed by atoms with Crippen molar-refractivity contribution in [2.24, 2.45) is 4.99 Å². The minimum atomic E-state index is -3.07. The maximum atomic E-state index is 12.0. The number of carbonyl (C=O) groups excluding carboxylic acids is 1. The summed E-state index contributed by atoms with van der Waals surface area (Å²) in [6.45, 7) is 2.37. The maximum Gasteiger partial charge on any atom is 0.244 e. The fourth-order valence-corrected chi connectivity index (χ4v) is 7.14. The van der Waals surface area contributed by atoms with Crippen LogP contribution in [0.3, 0.4) is 0 Å². The van der Waals surface area contributed by atoms with Crippen LogP contribution in [0, 0.1) is 0 Å². The van der Waals surface area contributed by atoms with Gasteiger partial charge in [-0.05, 0) is 12.1 Å². The molecule has 0 radical (unpaired) electrons. The zero-order valence-electron chi connectivity index (χ0n) is 13.0. The van der Waals surface area contributed by atoms with Crippen molar-refractivity contribution >= 4 is 38.4 Å². The van der Waals surface area contributed by atoms with Crippen LogP contribution in [0.2, 0.25) is 0 Å². The zero-order chi connectivity index (χ0) is 16.9. The van der Waals surface area contributed by atoms with E-state index in [4.69, 9.17) is 9.47 Å². The van der Waals surface area contributed by atoms with E-state index in [9.17, 15) is 13.2 Å². The topological polar surface area (TPSA) is 85.3 Å². The summed E-state index contributed by atoms with van der Waals surface area (Å²) in [6, 6.07) is 5.24. The van der Waals surface area contributed by atoms with Gasteiger partial charge < -0.3 is 14.4 Å². The Bertz CT molecular complexity index is 836. The third-order valence-electron chi connectivity index (χ3n) is 4.12. The van der Waals surface area contributed by atoms with Crippen LogP contribution in [0.15, 0.2) is 23.2 Å². The SMILES string of the molecule is CC(=O)N=C1S[C@@H]2CS(=O)(=O)C[C@@H]2N1c1ccc2c(c1)OCCO2. The molecule has 1 amide bonds. The highest BCUT2D eigenvalue weighted by Gasteiger charge is 2.49. The number of anilines is 1. The molecule has 3 aliphatic heterocycles. The van der Waals surface area contributed by atoms with E-state index in [-0.39, 0.29) is 28.7 Å². The van der Waals surface area contributed by atoms with Gasteiger partial charge in [0, 0.05) is 23.9 Å². The van der Waals surface area contributed by atoms with Crippen molar-refractivity contribution in [1.82, 2.24) is 0 Å². The number of thioether (sulfide) groups is 1. The summed E-state index contributed by atoms with van der Waals surface area (Å²) in [5.74, 6) is 1.16. The van der Waals surface area contributed by atoms with Crippen LogP contribution in [0.25, 0.3) is 0 Å². The summed E-state index contributed by atoms with van der Waals surface area (Å²) in [5, 5.41) is 0.436. The summed E-state index contributed by atoms with van der Waals surface area (Å²) in [6.07, 6.45) is 0. The molecule has 0 saturated carbocycles. The molecular formula is C15H16N2O5S2. The molecule has 128 valence electrons. The Kier molecular flexibility index (Phi) is 3.72. The molecule has 0 N–H and O–H groups in total. The van der Waals surface area contributed by atoms with Crippen molar-refractivity contribution in [1.29, 1.82) is 0 Å². The molecule has 0 bridgehead atoms. The van der Waals surface area contributed by atoms with Crippen molar-refractivity contribution in [3.8, 4) is 11.5 Å². The molecule has 7 nitrogen and oxygen atoms in total. The quantitative estimate of drug-likeness (QED) is 0.733. The number of amides is 1. The monoisotopic (exact) mass is 368 g/mol. The summed E-state index contributed by atoms with van der Waals surface area (Å²) in [4.78, 5) is 17.4. The first kappa shape index (κ1) is 15.8. The Morgan fingerprint density at radius 3 is 2.75 bits per heavy atom. The molecule has 0 aliphatic carbocycles. The highest BCUT2D eigenvalue weighted by molar-refractivity contribution is 8.16. The molecule has 2 atom stereocenters. The molecule has 0 spiro atoms. The molecule has 1 aromatic rings. The minimum absolute atomic E-state index is 0.0655. The smallest absolute Gasteiger partial charge is 0.244 e. The fraction of sp³-hybridized carbons (Fsp3) is 0.467. The van der Waals surface area contributed by atoms with Crippen molar-refractivity contribution < 1.29 is 22.7 Å². The lowest BCUT2D eigenvalue weighted by atomic mass is 10.2. The summed E-state index contributed by atoms with van der Waals surface area (Å²) >= 11 is 1.36. The number of amidine groups is 1. The third kappa shape index (κ3) is 2.75. The summed E-state index contributed by atoms with van der Waals surface area (Å²) in [5.41, 5.74) is 0.761. The summed E-state index contributed by atoms with van der Waals surface area (Å²) in [7, 11) is -3.07. The van der Waals surface area contributed by atoms with Crippen LogP contribution in [0.5, 0.6) is 11.5 Å². The molecule has 24 heavy (non-hydrogen) atoms. The van der Waals surface area contributed by atoms with Crippen LogP contribution >= 0.6 is 11.8 Å². The van der Waals surface area contributed by atoms with Crippen molar-refractivity contribution in [3.05, 3.63) is 18.2 Å². The Balaban J connectivity index is 1.75. The van der Waals surface area contributed by atoms with E-state index < -0.39 is 9.84 Å². The largest absolute Gasteiger partial charge is 0.486 e. The standard InChI is InChI=1S/C15H16N2O5S2/c1-9(18)16-15-17(11-7-24(19,20)8-14(11)23-15)10-2-3-12-13(6-10)22-5-4-21-12/h2-3,6,11,14H,4-5,7-8H2,1H3/t11-,14+/m0/s1. The van der Waals surface area contributed by atoms with E-state index >= 15 is 0 Å². The normalized spacial score (nSPS) is 28.9. The number of hydrogen-bond donors (Lipinski definition) is 0. The maximum absolute atomic E-state index is 12.0. The van der Waals surface area contributed by atoms with E-state index in [1.54, 1.807) is 6.07 Å². The van der Waals surface area contributed by atoms with Crippen LogP contribution in [0.4, 0.5) is 5.69 Å². The predicted octanol–water partition coefficient (Wildman–Crippen LogP) is 1.08. The second kappa shape index (κ2) is 5.66. The molecule has 3 aliphatic rings. The average molecular weight is 368 g/mol. The molecule has 0 unspecified atom stereocenters. The van der Waals surface area contributed by atoms with Gasteiger partial charge in [0.25, 0.3) is 0 Å². The van der Waals surface area contributed by atoms with Gasteiger partial charge >= 0.3 is 0 Å². The lowest BCUT2D eigenvalue weighted by Gasteiger charge is -2.26. The number of fused-ring (bicyclic) bond motifs is 2. The molecule has 4 rings (SSSR count). The number of benzene rings is 1. The van der Waals surface area contributed by atoms with Crippen molar-refractivity contribution in [2.45, 2.75) is 18.2 Å². The fourth-order valence-electron chi connectivity index (χ4n) is 3.18. The average Bonchev–Trinajstić information content (AvgIpc) is 2.97. The number of nitrogens with zero attached hydrogens (tertiary/aromatic N) is 2. The van der Waals surface area contributed by atoms with Gasteiger partial charge in [0.1, 0.15) is 13.2 Å². The number of aliphatic imine (C=N–C) groups is 1. The van der Waals surface area contributed by atoms with E-state index in [0.717, 1.165) is 5.69 Å². The van der Waals surface area contributed by atoms with Crippen LogP contribution in [-0.2, 0) is 14.6 Å². The minimum Gasteiger partial charge on any atom is -0.486 e. The van der Waals surface area contributed by atoms with Gasteiger partial charge in [-0.15, -0.1) is 0 Å². The molecule has 3 heterocycles. The van der Waals surface area contributed by atoms with E-state index in [0.29, 0.717) is 29.9 Å². The number of sulfone groups is 1. The first-order valence-electron chi connectivity index (χ1n) is 7.58. The van der Waals surface area contributed by atoms with Gasteiger partial charge in [-0.1, -0.05) is 11.8 Å². The van der Waals surface area contributed by atoms with Gasteiger partial charge in [0.15, 0.2) is 26.5 Å².